The largest absolute Gasteiger partial charge is 0.486 e. The van der Waals surface area contributed by atoms with Gasteiger partial charge in [0.2, 0.25) is 0 Å². The van der Waals surface area contributed by atoms with Gasteiger partial charge in [-0.05, 0) is 30.5 Å². The maximum absolute atomic E-state index is 11.9. The van der Waals surface area contributed by atoms with E-state index in [2.05, 4.69) is 10.6 Å². The number of carbonyl (C=O) groups is 1. The highest BCUT2D eigenvalue weighted by Gasteiger charge is 2.21. The van der Waals surface area contributed by atoms with Crippen LogP contribution < -0.4 is 20.1 Å². The van der Waals surface area contributed by atoms with Crippen molar-refractivity contribution in [2.45, 2.75) is 19.1 Å². The number of rotatable bonds is 4. The highest BCUT2D eigenvalue weighted by atomic mass is 32.1. The van der Waals surface area contributed by atoms with Crippen LogP contribution in [0.5, 0.6) is 11.5 Å². The van der Waals surface area contributed by atoms with Crippen molar-refractivity contribution in [2.75, 3.05) is 13.2 Å². The van der Waals surface area contributed by atoms with E-state index in [1.165, 1.54) is 0 Å². The molecule has 1 aromatic carbocycles. The maximum Gasteiger partial charge on any atom is 0.315 e. The zero-order valence-electron chi connectivity index (χ0n) is 12.2. The molecular formula is C16H18N2O3S. The second kappa shape index (κ2) is 6.70. The molecule has 2 atom stereocenters. The number of carbonyl (C=O) groups excluding carboxylic acids is 1. The number of fused-ring (bicyclic) bond motifs is 1. The SMILES string of the molecule is C[C@@H](NC(=O)NC[C@@H]1COc2ccccc2O1)c1cccs1. The number of nitrogens with one attached hydrogen (secondary N) is 2. The summed E-state index contributed by atoms with van der Waals surface area (Å²) in [4.78, 5) is 13.0. The van der Waals surface area contributed by atoms with Crippen molar-refractivity contribution in [3.05, 3.63) is 46.7 Å². The van der Waals surface area contributed by atoms with Crippen LogP contribution in [0.15, 0.2) is 41.8 Å². The van der Waals surface area contributed by atoms with Gasteiger partial charge in [0, 0.05) is 4.88 Å². The number of urea groups is 1. The van der Waals surface area contributed by atoms with E-state index in [0.29, 0.717) is 18.9 Å². The molecule has 22 heavy (non-hydrogen) atoms. The summed E-state index contributed by atoms with van der Waals surface area (Å²) in [6, 6.07) is 11.3. The van der Waals surface area contributed by atoms with Gasteiger partial charge in [-0.2, -0.15) is 0 Å². The molecule has 0 unspecified atom stereocenters. The van der Waals surface area contributed by atoms with E-state index in [0.717, 1.165) is 10.6 Å². The average molecular weight is 318 g/mol. The molecule has 3 rings (SSSR count). The van der Waals surface area contributed by atoms with E-state index < -0.39 is 0 Å². The third-order valence-electron chi connectivity index (χ3n) is 3.38. The molecule has 5 nitrogen and oxygen atoms in total. The number of ether oxygens (including phenoxy) is 2. The van der Waals surface area contributed by atoms with Gasteiger partial charge in [0.1, 0.15) is 6.61 Å². The predicted molar refractivity (Wildman–Crippen MR) is 85.6 cm³/mol. The third kappa shape index (κ3) is 3.51. The summed E-state index contributed by atoms with van der Waals surface area (Å²) >= 11 is 1.62. The third-order valence-corrected chi connectivity index (χ3v) is 4.43. The molecule has 2 aromatic rings. The quantitative estimate of drug-likeness (QED) is 0.911. The Kier molecular flexibility index (Phi) is 4.48. The van der Waals surface area contributed by atoms with Gasteiger partial charge in [0.05, 0.1) is 12.6 Å². The lowest BCUT2D eigenvalue weighted by molar-refractivity contribution is 0.0917. The van der Waals surface area contributed by atoms with Gasteiger partial charge in [-0.25, -0.2) is 4.79 Å². The molecule has 0 saturated carbocycles. The van der Waals surface area contributed by atoms with E-state index in [4.69, 9.17) is 9.47 Å². The standard InChI is InChI=1S/C16H18N2O3S/c1-11(15-7-4-8-22-15)18-16(19)17-9-12-10-20-13-5-2-3-6-14(13)21-12/h2-8,11-12H,9-10H2,1H3,(H2,17,18,19)/t11-,12-/m1/s1. The number of hydrogen-bond donors (Lipinski definition) is 2. The van der Waals surface area contributed by atoms with Crippen molar-refractivity contribution in [2.24, 2.45) is 0 Å². The Morgan fingerprint density at radius 1 is 1.32 bits per heavy atom. The zero-order chi connectivity index (χ0) is 15.4. The Labute approximate surface area is 133 Å². The second-order valence-corrected chi connectivity index (χ2v) is 6.07. The molecule has 116 valence electrons. The number of benzene rings is 1. The summed E-state index contributed by atoms with van der Waals surface area (Å²) in [5, 5.41) is 7.73. The Morgan fingerprint density at radius 2 is 2.14 bits per heavy atom. The van der Waals surface area contributed by atoms with Crippen LogP contribution in [0.4, 0.5) is 4.79 Å². The maximum atomic E-state index is 11.9. The van der Waals surface area contributed by atoms with Crippen LogP contribution in [0.1, 0.15) is 17.8 Å². The fourth-order valence-electron chi connectivity index (χ4n) is 2.23. The zero-order valence-corrected chi connectivity index (χ0v) is 13.1. The molecule has 1 aromatic heterocycles. The van der Waals surface area contributed by atoms with E-state index in [9.17, 15) is 4.79 Å². The number of thiophene rings is 1. The van der Waals surface area contributed by atoms with Crippen molar-refractivity contribution >= 4 is 17.4 Å². The molecule has 1 aliphatic heterocycles. The van der Waals surface area contributed by atoms with Crippen LogP contribution in [0.25, 0.3) is 0 Å². The molecule has 6 heteroatoms. The molecule has 0 saturated heterocycles. The van der Waals surface area contributed by atoms with Crippen LogP contribution in [0.3, 0.4) is 0 Å². The van der Waals surface area contributed by atoms with Crippen LogP contribution in [0, 0.1) is 0 Å². The van der Waals surface area contributed by atoms with Crippen molar-refractivity contribution in [3.63, 3.8) is 0 Å². The number of amides is 2. The summed E-state index contributed by atoms with van der Waals surface area (Å²) < 4.78 is 11.4. The Morgan fingerprint density at radius 3 is 2.91 bits per heavy atom. The minimum absolute atomic E-state index is 0.00995. The highest BCUT2D eigenvalue weighted by molar-refractivity contribution is 7.10. The fraction of sp³-hybridized carbons (Fsp3) is 0.312. The topological polar surface area (TPSA) is 59.6 Å². The fourth-order valence-corrected chi connectivity index (χ4v) is 2.96. The van der Waals surface area contributed by atoms with E-state index in [-0.39, 0.29) is 18.2 Å². The molecule has 1 aliphatic rings. The molecule has 0 spiro atoms. The first-order chi connectivity index (χ1) is 10.7. The van der Waals surface area contributed by atoms with Gasteiger partial charge in [-0.3, -0.25) is 0 Å². The lowest BCUT2D eigenvalue weighted by Gasteiger charge is -2.26. The Bertz CT molecular complexity index is 630. The van der Waals surface area contributed by atoms with Gasteiger partial charge >= 0.3 is 6.03 Å². The number of para-hydroxylation sites is 2. The molecule has 0 fully saturated rings. The molecular weight excluding hydrogens is 300 g/mol. The van der Waals surface area contributed by atoms with Gasteiger partial charge in [0.25, 0.3) is 0 Å². The second-order valence-electron chi connectivity index (χ2n) is 5.09. The summed E-state index contributed by atoms with van der Waals surface area (Å²) in [5.41, 5.74) is 0. The van der Waals surface area contributed by atoms with Crippen molar-refractivity contribution in [1.29, 1.82) is 0 Å². The molecule has 2 N–H and O–H groups in total. The molecule has 0 bridgehead atoms. The van der Waals surface area contributed by atoms with E-state index >= 15 is 0 Å². The van der Waals surface area contributed by atoms with Crippen LogP contribution in [-0.4, -0.2) is 25.3 Å². The normalized spacial score (nSPS) is 17.6. The lowest BCUT2D eigenvalue weighted by atomic mass is 10.2. The predicted octanol–water partition coefficient (Wildman–Crippen LogP) is 2.95. The van der Waals surface area contributed by atoms with Crippen LogP contribution in [0.2, 0.25) is 0 Å². The smallest absolute Gasteiger partial charge is 0.315 e. The average Bonchev–Trinajstić information content (AvgIpc) is 3.07. The summed E-state index contributed by atoms with van der Waals surface area (Å²) in [6.45, 7) is 2.79. The van der Waals surface area contributed by atoms with Crippen LogP contribution >= 0.6 is 11.3 Å². The van der Waals surface area contributed by atoms with Crippen molar-refractivity contribution in [1.82, 2.24) is 10.6 Å². The van der Waals surface area contributed by atoms with Crippen molar-refractivity contribution < 1.29 is 14.3 Å². The first-order valence-electron chi connectivity index (χ1n) is 7.18. The van der Waals surface area contributed by atoms with Crippen molar-refractivity contribution in [3.8, 4) is 11.5 Å². The Hall–Kier alpha value is -2.21. The lowest BCUT2D eigenvalue weighted by Crippen LogP contribution is -2.44. The van der Waals surface area contributed by atoms with Gasteiger partial charge < -0.3 is 20.1 Å². The first-order valence-corrected chi connectivity index (χ1v) is 8.06. The molecule has 2 amide bonds. The summed E-state index contributed by atoms with van der Waals surface area (Å²) in [5.74, 6) is 1.46. The van der Waals surface area contributed by atoms with E-state index in [1.807, 2.05) is 48.7 Å². The molecule has 0 aliphatic carbocycles. The highest BCUT2D eigenvalue weighted by Crippen LogP contribution is 2.30. The first kappa shape index (κ1) is 14.7. The Balaban J connectivity index is 1.46. The monoisotopic (exact) mass is 318 g/mol. The van der Waals surface area contributed by atoms with E-state index in [1.54, 1.807) is 11.3 Å². The summed E-state index contributed by atoms with van der Waals surface area (Å²) in [6.07, 6.45) is -0.183. The minimum atomic E-state index is -0.205. The van der Waals surface area contributed by atoms with Gasteiger partial charge in [0.15, 0.2) is 17.6 Å². The molecule has 2 heterocycles. The van der Waals surface area contributed by atoms with Gasteiger partial charge in [-0.1, -0.05) is 18.2 Å². The summed E-state index contributed by atoms with van der Waals surface area (Å²) in [7, 11) is 0. The van der Waals surface area contributed by atoms with Crippen LogP contribution in [-0.2, 0) is 0 Å². The number of hydrogen-bond acceptors (Lipinski definition) is 4. The minimum Gasteiger partial charge on any atom is -0.486 e. The van der Waals surface area contributed by atoms with Gasteiger partial charge in [-0.15, -0.1) is 11.3 Å². The molecule has 0 radical (unpaired) electrons.